The van der Waals surface area contributed by atoms with Gasteiger partial charge >= 0.3 is 6.03 Å². The van der Waals surface area contributed by atoms with Crippen LogP contribution in [-0.4, -0.2) is 52.4 Å². The first-order chi connectivity index (χ1) is 14.6. The summed E-state index contributed by atoms with van der Waals surface area (Å²) in [5.41, 5.74) is 3.07. The van der Waals surface area contributed by atoms with E-state index < -0.39 is 11.6 Å². The van der Waals surface area contributed by atoms with Gasteiger partial charge in [0.2, 0.25) is 5.91 Å². The van der Waals surface area contributed by atoms with Gasteiger partial charge < -0.3 is 5.32 Å². The van der Waals surface area contributed by atoms with Crippen LogP contribution < -0.4 is 10.7 Å². The second-order valence-corrected chi connectivity index (χ2v) is 8.87. The number of carbonyl (C=O) groups excluding carboxylic acids is 3. The maximum atomic E-state index is 12.8. The summed E-state index contributed by atoms with van der Waals surface area (Å²) in [6, 6.07) is 10.4. The molecule has 1 aliphatic carbocycles. The van der Waals surface area contributed by atoms with Gasteiger partial charge in [0, 0.05) is 19.0 Å². The number of urea groups is 1. The molecule has 2 aliphatic heterocycles. The standard InChI is InChI=1S/C23H32N4O3/c28-20(25-27-21(29)23(24-22(27)30)13-6-2-7-14-23)12-16-26-15-8-5-11-19(26)17-18-9-3-1-4-10-18/h1,3-4,9-10,19H,2,5-8,11-17H2,(H,24,30)(H,25,28). The number of rotatable bonds is 6. The molecule has 1 atom stereocenters. The zero-order chi connectivity index (χ0) is 21.0. The Balaban J connectivity index is 1.30. The predicted octanol–water partition coefficient (Wildman–Crippen LogP) is 2.76. The lowest BCUT2D eigenvalue weighted by Crippen LogP contribution is -2.51. The van der Waals surface area contributed by atoms with E-state index in [0.29, 0.717) is 25.4 Å². The molecule has 30 heavy (non-hydrogen) atoms. The van der Waals surface area contributed by atoms with Crippen LogP contribution in [0.15, 0.2) is 30.3 Å². The SMILES string of the molecule is O=C(CCN1CCCCC1Cc1ccccc1)NN1C(=O)NC2(CCCCC2)C1=O. The van der Waals surface area contributed by atoms with E-state index >= 15 is 0 Å². The third-order valence-corrected chi connectivity index (χ3v) is 6.79. The van der Waals surface area contributed by atoms with Crippen LogP contribution in [0.25, 0.3) is 0 Å². The summed E-state index contributed by atoms with van der Waals surface area (Å²) < 4.78 is 0. The zero-order valence-electron chi connectivity index (χ0n) is 17.6. The Bertz CT molecular complexity index is 776. The van der Waals surface area contributed by atoms with Gasteiger partial charge in [-0.3, -0.25) is 19.9 Å². The number of piperidine rings is 1. The summed E-state index contributed by atoms with van der Waals surface area (Å²) in [4.78, 5) is 40.1. The number of imide groups is 1. The van der Waals surface area contributed by atoms with Crippen molar-refractivity contribution < 1.29 is 14.4 Å². The molecule has 1 spiro atoms. The van der Waals surface area contributed by atoms with Crippen LogP contribution >= 0.6 is 0 Å². The number of likely N-dealkylation sites (tertiary alicyclic amines) is 1. The molecular weight excluding hydrogens is 380 g/mol. The van der Waals surface area contributed by atoms with E-state index in [9.17, 15) is 14.4 Å². The predicted molar refractivity (Wildman–Crippen MR) is 113 cm³/mol. The normalized spacial score (nSPS) is 24.1. The fourth-order valence-corrected chi connectivity index (χ4v) is 5.11. The van der Waals surface area contributed by atoms with Gasteiger partial charge in [0.25, 0.3) is 5.91 Å². The topological polar surface area (TPSA) is 81.8 Å². The summed E-state index contributed by atoms with van der Waals surface area (Å²) in [6.45, 7) is 1.62. The fourth-order valence-electron chi connectivity index (χ4n) is 5.11. The third kappa shape index (κ3) is 4.51. The van der Waals surface area contributed by atoms with E-state index in [1.807, 2.05) is 6.07 Å². The minimum absolute atomic E-state index is 0.273. The van der Waals surface area contributed by atoms with Gasteiger partial charge in [-0.25, -0.2) is 4.79 Å². The Hall–Kier alpha value is -2.41. The molecule has 7 nitrogen and oxygen atoms in total. The van der Waals surface area contributed by atoms with E-state index in [2.05, 4.69) is 39.9 Å². The monoisotopic (exact) mass is 412 g/mol. The summed E-state index contributed by atoms with van der Waals surface area (Å²) >= 11 is 0. The van der Waals surface area contributed by atoms with Gasteiger partial charge in [-0.1, -0.05) is 56.0 Å². The van der Waals surface area contributed by atoms with Crippen LogP contribution in [0.3, 0.4) is 0 Å². The van der Waals surface area contributed by atoms with Gasteiger partial charge in [0.15, 0.2) is 0 Å². The number of benzene rings is 1. The molecule has 162 valence electrons. The molecule has 1 unspecified atom stereocenters. The molecule has 0 bridgehead atoms. The Morgan fingerprint density at radius 3 is 2.60 bits per heavy atom. The lowest BCUT2D eigenvalue weighted by molar-refractivity contribution is -0.140. The van der Waals surface area contributed by atoms with Crippen LogP contribution in [0, 0.1) is 0 Å². The first-order valence-corrected chi connectivity index (χ1v) is 11.3. The molecule has 7 heteroatoms. The highest BCUT2D eigenvalue weighted by atomic mass is 16.2. The van der Waals surface area contributed by atoms with Crippen molar-refractivity contribution in [3.05, 3.63) is 35.9 Å². The second-order valence-electron chi connectivity index (χ2n) is 8.87. The highest BCUT2D eigenvalue weighted by Crippen LogP contribution is 2.33. The van der Waals surface area contributed by atoms with Crippen LogP contribution in [0.2, 0.25) is 0 Å². The van der Waals surface area contributed by atoms with Gasteiger partial charge in [-0.05, 0) is 44.2 Å². The van der Waals surface area contributed by atoms with Crippen molar-refractivity contribution in [3.63, 3.8) is 0 Å². The average molecular weight is 413 g/mol. The molecule has 2 saturated heterocycles. The molecule has 3 fully saturated rings. The van der Waals surface area contributed by atoms with Gasteiger partial charge in [-0.2, -0.15) is 5.01 Å². The van der Waals surface area contributed by atoms with Crippen molar-refractivity contribution >= 4 is 17.8 Å². The van der Waals surface area contributed by atoms with E-state index in [4.69, 9.17) is 0 Å². The molecular formula is C23H32N4O3. The molecule has 1 aromatic carbocycles. The maximum absolute atomic E-state index is 12.8. The Morgan fingerprint density at radius 1 is 1.07 bits per heavy atom. The van der Waals surface area contributed by atoms with Crippen LogP contribution in [-0.2, 0) is 16.0 Å². The van der Waals surface area contributed by atoms with Crippen molar-refractivity contribution in [3.8, 4) is 0 Å². The maximum Gasteiger partial charge on any atom is 0.344 e. The van der Waals surface area contributed by atoms with Crippen molar-refractivity contribution in [1.29, 1.82) is 0 Å². The molecule has 4 rings (SSSR count). The van der Waals surface area contributed by atoms with Crippen LogP contribution in [0.5, 0.6) is 0 Å². The first kappa shape index (κ1) is 20.8. The number of hydrogen-bond donors (Lipinski definition) is 2. The zero-order valence-corrected chi connectivity index (χ0v) is 17.6. The molecule has 0 aromatic heterocycles. The van der Waals surface area contributed by atoms with Crippen molar-refractivity contribution in [2.75, 3.05) is 13.1 Å². The summed E-state index contributed by atoms with van der Waals surface area (Å²) in [6.07, 6.45) is 8.97. The Morgan fingerprint density at radius 2 is 1.83 bits per heavy atom. The molecule has 2 heterocycles. The van der Waals surface area contributed by atoms with E-state index in [1.54, 1.807) is 0 Å². The number of nitrogens with one attached hydrogen (secondary N) is 2. The number of nitrogens with zero attached hydrogens (tertiary/aromatic N) is 2. The minimum atomic E-state index is -0.809. The van der Waals surface area contributed by atoms with Gasteiger partial charge in [0.1, 0.15) is 5.54 Å². The van der Waals surface area contributed by atoms with Crippen molar-refractivity contribution in [2.24, 2.45) is 0 Å². The third-order valence-electron chi connectivity index (χ3n) is 6.79. The Kier molecular flexibility index (Phi) is 6.37. The minimum Gasteiger partial charge on any atom is -0.322 e. The smallest absolute Gasteiger partial charge is 0.322 e. The highest BCUT2D eigenvalue weighted by Gasteiger charge is 2.52. The molecule has 0 radical (unpaired) electrons. The quantitative estimate of drug-likeness (QED) is 0.704. The second kappa shape index (κ2) is 9.16. The lowest BCUT2D eigenvalue weighted by Gasteiger charge is -2.36. The summed E-state index contributed by atoms with van der Waals surface area (Å²) in [5.74, 6) is -0.587. The highest BCUT2D eigenvalue weighted by molar-refractivity contribution is 6.08. The Labute approximate surface area is 178 Å². The number of hydrazine groups is 1. The van der Waals surface area contributed by atoms with E-state index in [-0.39, 0.29) is 18.2 Å². The molecule has 1 aromatic rings. The molecule has 3 aliphatic rings. The first-order valence-electron chi connectivity index (χ1n) is 11.3. The van der Waals surface area contributed by atoms with E-state index in [1.165, 1.54) is 12.0 Å². The van der Waals surface area contributed by atoms with Crippen LogP contribution in [0.4, 0.5) is 4.79 Å². The number of carbonyl (C=O) groups is 3. The molecule has 2 N–H and O–H groups in total. The molecule has 4 amide bonds. The molecule has 1 saturated carbocycles. The summed E-state index contributed by atoms with van der Waals surface area (Å²) in [7, 11) is 0. The number of hydrogen-bond acceptors (Lipinski definition) is 4. The fraction of sp³-hybridized carbons (Fsp3) is 0.609. The summed E-state index contributed by atoms with van der Waals surface area (Å²) in [5, 5.41) is 3.73. The van der Waals surface area contributed by atoms with Gasteiger partial charge in [0.05, 0.1) is 0 Å². The van der Waals surface area contributed by atoms with Crippen LogP contribution in [0.1, 0.15) is 63.4 Å². The van der Waals surface area contributed by atoms with E-state index in [0.717, 1.165) is 50.1 Å². The number of amides is 4. The van der Waals surface area contributed by atoms with Crippen molar-refractivity contribution in [2.45, 2.75) is 75.8 Å². The van der Waals surface area contributed by atoms with Crippen molar-refractivity contribution in [1.82, 2.24) is 20.7 Å². The largest absolute Gasteiger partial charge is 0.344 e. The van der Waals surface area contributed by atoms with Gasteiger partial charge in [-0.15, -0.1) is 0 Å². The average Bonchev–Trinajstić information content (AvgIpc) is 2.98. The lowest BCUT2D eigenvalue weighted by atomic mass is 9.82.